The molecule has 4 aromatic carbocycles. The van der Waals surface area contributed by atoms with Crippen molar-refractivity contribution in [3.8, 4) is 0 Å². The first-order valence-electron chi connectivity index (χ1n) is 15.4. The fraction of sp³-hybridized carbons (Fsp3) is 0.342. The van der Waals surface area contributed by atoms with E-state index in [1.54, 1.807) is 0 Å². The van der Waals surface area contributed by atoms with Crippen LogP contribution in [-0.4, -0.2) is 43.4 Å². The topological polar surface area (TPSA) is 63.2 Å². The van der Waals surface area contributed by atoms with Crippen molar-refractivity contribution in [2.24, 2.45) is 5.92 Å². The Kier molecular flexibility index (Phi) is 12.3. The predicted molar refractivity (Wildman–Crippen MR) is 170 cm³/mol. The molecule has 5 rings (SSSR count). The lowest BCUT2D eigenvalue weighted by atomic mass is 9.89. The first kappa shape index (κ1) is 31.8. The highest BCUT2D eigenvalue weighted by molar-refractivity contribution is 5.52. The molecule has 1 heterocycles. The molecule has 0 aliphatic carbocycles. The third kappa shape index (κ3) is 9.42. The monoisotopic (exact) mass is 594 g/mol. The quantitative estimate of drug-likeness (QED) is 0.131. The lowest BCUT2D eigenvalue weighted by molar-refractivity contribution is -0.274. The molecule has 1 aliphatic rings. The zero-order valence-corrected chi connectivity index (χ0v) is 25.3. The smallest absolute Gasteiger partial charge is 0.122 e. The van der Waals surface area contributed by atoms with Crippen molar-refractivity contribution in [1.82, 2.24) is 0 Å². The maximum atomic E-state index is 11.8. The van der Waals surface area contributed by atoms with Crippen molar-refractivity contribution in [3.63, 3.8) is 0 Å². The second-order valence-electron chi connectivity index (χ2n) is 11.3. The molecule has 1 fully saturated rings. The van der Waals surface area contributed by atoms with Gasteiger partial charge in [0.25, 0.3) is 0 Å². The summed E-state index contributed by atoms with van der Waals surface area (Å²) in [6.45, 7) is 3.81. The highest BCUT2D eigenvalue weighted by Crippen LogP contribution is 2.33. The normalized spacial score (nSPS) is 22.3. The highest BCUT2D eigenvalue weighted by Gasteiger charge is 2.48. The van der Waals surface area contributed by atoms with Gasteiger partial charge in [0, 0.05) is 5.92 Å². The molecule has 44 heavy (non-hydrogen) atoms. The van der Waals surface area contributed by atoms with Crippen LogP contribution in [0.4, 0.5) is 0 Å². The molecule has 0 aromatic heterocycles. The maximum absolute atomic E-state index is 11.8. The van der Waals surface area contributed by atoms with Crippen LogP contribution in [0, 0.1) is 5.92 Å². The summed E-state index contributed by atoms with van der Waals surface area (Å²) >= 11 is 0. The van der Waals surface area contributed by atoms with Crippen molar-refractivity contribution in [1.29, 1.82) is 0 Å². The van der Waals surface area contributed by atoms with Crippen molar-refractivity contribution < 1.29 is 28.5 Å². The van der Waals surface area contributed by atoms with Gasteiger partial charge in [-0.25, -0.2) is 0 Å². The molecule has 4 aromatic rings. The molecule has 0 saturated carbocycles. The largest absolute Gasteiger partial charge is 0.374 e. The Hall–Kier alpha value is -3.65. The molecule has 0 bridgehead atoms. The SMILES string of the molecule is C[C@H](C=O)C[C@H]1O[C@H](COCc2ccccc2)[C@@H](OCc2ccccc2)[C@H](OCc2ccccc2)[C@H]1OCc1ccccc1. The second kappa shape index (κ2) is 17.0. The van der Waals surface area contributed by atoms with E-state index in [0.717, 1.165) is 28.5 Å². The average molecular weight is 595 g/mol. The predicted octanol–water partition coefficient (Wildman–Crippen LogP) is 6.95. The molecular weight excluding hydrogens is 552 g/mol. The van der Waals surface area contributed by atoms with E-state index < -0.39 is 30.5 Å². The summed E-state index contributed by atoms with van der Waals surface area (Å²) in [6, 6.07) is 40.3. The van der Waals surface area contributed by atoms with E-state index in [0.29, 0.717) is 39.5 Å². The summed E-state index contributed by atoms with van der Waals surface area (Å²) in [5.74, 6) is -0.217. The van der Waals surface area contributed by atoms with Crippen LogP contribution < -0.4 is 0 Å². The van der Waals surface area contributed by atoms with Crippen LogP contribution >= 0.6 is 0 Å². The molecule has 0 radical (unpaired) electrons. The third-order valence-electron chi connectivity index (χ3n) is 7.82. The van der Waals surface area contributed by atoms with Gasteiger partial charge < -0.3 is 28.5 Å². The van der Waals surface area contributed by atoms with Gasteiger partial charge in [0.1, 0.15) is 30.7 Å². The minimum absolute atomic E-state index is 0.217. The summed E-state index contributed by atoms with van der Waals surface area (Å²) in [5, 5.41) is 0. The number of hydrogen-bond donors (Lipinski definition) is 0. The molecule has 230 valence electrons. The van der Waals surface area contributed by atoms with E-state index in [-0.39, 0.29) is 5.92 Å². The molecule has 0 amide bonds. The zero-order valence-electron chi connectivity index (χ0n) is 25.3. The fourth-order valence-corrected chi connectivity index (χ4v) is 5.50. The van der Waals surface area contributed by atoms with Crippen molar-refractivity contribution >= 4 is 6.29 Å². The standard InChI is InChI=1S/C38H42O6/c1-29(23-39)22-34-36(41-25-31-16-8-3-9-17-31)38(43-27-33-20-12-5-13-21-33)37(42-26-32-18-10-4-11-19-32)35(44-34)28-40-24-30-14-6-2-7-15-30/h2-21,23,29,34-38H,22,24-28H2,1H3/t29-,34+,35+,36-,37+,38+/m0/s1. The van der Waals surface area contributed by atoms with Crippen LogP contribution in [0.1, 0.15) is 35.6 Å². The maximum Gasteiger partial charge on any atom is 0.122 e. The number of benzene rings is 4. The van der Waals surface area contributed by atoms with Crippen LogP contribution in [0.3, 0.4) is 0 Å². The lowest BCUT2D eigenvalue weighted by Gasteiger charge is -2.46. The third-order valence-corrected chi connectivity index (χ3v) is 7.82. The van der Waals surface area contributed by atoms with E-state index in [4.69, 9.17) is 23.7 Å². The van der Waals surface area contributed by atoms with Crippen LogP contribution in [0.5, 0.6) is 0 Å². The number of rotatable bonds is 16. The molecule has 6 atom stereocenters. The summed E-state index contributed by atoms with van der Waals surface area (Å²) in [4.78, 5) is 11.8. The molecular formula is C38H42O6. The lowest BCUT2D eigenvalue weighted by Crippen LogP contribution is -2.61. The molecule has 6 heteroatoms. The van der Waals surface area contributed by atoms with Crippen molar-refractivity contribution in [2.45, 2.75) is 70.3 Å². The average Bonchev–Trinajstić information content (AvgIpc) is 3.08. The van der Waals surface area contributed by atoms with E-state index in [1.807, 2.05) is 128 Å². The summed E-state index contributed by atoms with van der Waals surface area (Å²) in [6.07, 6.45) is -0.827. The number of ether oxygens (including phenoxy) is 5. The van der Waals surface area contributed by atoms with Crippen LogP contribution in [-0.2, 0) is 54.9 Å². The van der Waals surface area contributed by atoms with E-state index in [2.05, 4.69) is 0 Å². The Morgan fingerprint density at radius 2 is 0.955 bits per heavy atom. The Morgan fingerprint density at radius 1 is 0.568 bits per heavy atom. The number of carbonyl (C=O) groups excluding carboxylic acids is 1. The Morgan fingerprint density at radius 3 is 1.39 bits per heavy atom. The second-order valence-corrected chi connectivity index (χ2v) is 11.3. The summed E-state index contributed by atoms with van der Waals surface area (Å²) in [7, 11) is 0. The molecule has 0 spiro atoms. The highest BCUT2D eigenvalue weighted by atomic mass is 16.6. The van der Waals surface area contributed by atoms with Gasteiger partial charge in [-0.1, -0.05) is 128 Å². The van der Waals surface area contributed by atoms with E-state index in [9.17, 15) is 4.79 Å². The van der Waals surface area contributed by atoms with Gasteiger partial charge in [0.2, 0.25) is 0 Å². The first-order chi connectivity index (χ1) is 21.7. The number of aldehydes is 1. The molecule has 0 unspecified atom stereocenters. The molecule has 1 aliphatic heterocycles. The number of carbonyl (C=O) groups is 1. The molecule has 1 saturated heterocycles. The molecule has 6 nitrogen and oxygen atoms in total. The Labute approximate surface area is 260 Å². The zero-order chi connectivity index (χ0) is 30.4. The van der Waals surface area contributed by atoms with Crippen LogP contribution in [0.25, 0.3) is 0 Å². The van der Waals surface area contributed by atoms with Gasteiger partial charge in [-0.2, -0.15) is 0 Å². The van der Waals surface area contributed by atoms with Gasteiger partial charge >= 0.3 is 0 Å². The van der Waals surface area contributed by atoms with Gasteiger partial charge in [0.15, 0.2) is 0 Å². The Balaban J connectivity index is 1.43. The van der Waals surface area contributed by atoms with Gasteiger partial charge in [-0.3, -0.25) is 0 Å². The fourth-order valence-electron chi connectivity index (χ4n) is 5.50. The van der Waals surface area contributed by atoms with Crippen LogP contribution in [0.2, 0.25) is 0 Å². The summed E-state index contributed by atoms with van der Waals surface area (Å²) in [5.41, 5.74) is 4.23. The minimum atomic E-state index is -0.488. The summed E-state index contributed by atoms with van der Waals surface area (Å²) < 4.78 is 33.0. The minimum Gasteiger partial charge on any atom is -0.374 e. The van der Waals surface area contributed by atoms with Crippen LogP contribution in [0.15, 0.2) is 121 Å². The molecule has 0 N–H and O–H groups in total. The van der Waals surface area contributed by atoms with Gasteiger partial charge in [-0.05, 0) is 28.7 Å². The number of hydrogen-bond acceptors (Lipinski definition) is 6. The first-order valence-corrected chi connectivity index (χ1v) is 15.4. The van der Waals surface area contributed by atoms with Gasteiger partial charge in [0.05, 0.1) is 39.1 Å². The Bertz CT molecular complexity index is 1350. The van der Waals surface area contributed by atoms with Gasteiger partial charge in [-0.15, -0.1) is 0 Å². The van der Waals surface area contributed by atoms with E-state index >= 15 is 0 Å². The van der Waals surface area contributed by atoms with Crippen molar-refractivity contribution in [3.05, 3.63) is 144 Å². The van der Waals surface area contributed by atoms with E-state index in [1.165, 1.54) is 0 Å². The van der Waals surface area contributed by atoms with Crippen molar-refractivity contribution in [2.75, 3.05) is 6.61 Å².